The quantitative estimate of drug-likeness (QED) is 0.618. The maximum Gasteiger partial charge on any atom is 0.146 e. The molecule has 0 spiro atoms. The van der Waals surface area contributed by atoms with Crippen molar-refractivity contribution in [1.82, 2.24) is 10.3 Å². The van der Waals surface area contributed by atoms with Crippen molar-refractivity contribution in [2.45, 2.75) is 24.9 Å². The van der Waals surface area contributed by atoms with Crippen molar-refractivity contribution in [2.75, 3.05) is 54.5 Å². The van der Waals surface area contributed by atoms with Crippen LogP contribution in [0.5, 0.6) is 0 Å². The smallest absolute Gasteiger partial charge is 0.146 e. The number of hydrogen-bond donors (Lipinski definition) is 3. The number of fused-ring (bicyclic) bond motifs is 1. The minimum atomic E-state index is -0.435. The molecule has 3 aliphatic heterocycles. The molecule has 0 saturated carbocycles. The van der Waals surface area contributed by atoms with Crippen molar-refractivity contribution in [3.63, 3.8) is 0 Å². The molecule has 8 heteroatoms. The van der Waals surface area contributed by atoms with Crippen molar-refractivity contribution < 1.29 is 9.53 Å². The van der Waals surface area contributed by atoms with Crippen LogP contribution in [-0.4, -0.2) is 56.7 Å². The van der Waals surface area contributed by atoms with E-state index in [0.717, 1.165) is 81.2 Å². The Morgan fingerprint density at radius 2 is 1.97 bits per heavy atom. The fraction of sp³-hybridized carbons (Fsp3) is 0.417. The van der Waals surface area contributed by atoms with Crippen LogP contribution in [0.1, 0.15) is 30.0 Å². The largest absolute Gasteiger partial charge is 0.378 e. The number of nitrogens with one attached hydrogen (secondary N) is 2. The van der Waals surface area contributed by atoms with Crippen LogP contribution in [0.4, 0.5) is 23.0 Å². The van der Waals surface area contributed by atoms with Gasteiger partial charge < -0.3 is 35.7 Å². The van der Waals surface area contributed by atoms with Crippen molar-refractivity contribution in [3.8, 4) is 0 Å². The summed E-state index contributed by atoms with van der Waals surface area (Å²) in [6.45, 7) is 5.06. The highest BCUT2D eigenvalue weighted by molar-refractivity contribution is 5.79. The number of benzene rings is 1. The molecular formula is C24H30N6O2. The summed E-state index contributed by atoms with van der Waals surface area (Å²) in [5.74, 6) is 1.59. The minimum absolute atomic E-state index is 0.158. The minimum Gasteiger partial charge on any atom is -0.378 e. The molecule has 2 fully saturated rings. The summed E-state index contributed by atoms with van der Waals surface area (Å²) in [7, 11) is 0. The van der Waals surface area contributed by atoms with E-state index in [-0.39, 0.29) is 6.04 Å². The third-order valence-corrected chi connectivity index (χ3v) is 6.35. The molecule has 0 bridgehead atoms. The second kappa shape index (κ2) is 9.18. The molecule has 4 N–H and O–H groups in total. The van der Waals surface area contributed by atoms with Gasteiger partial charge in [-0.15, -0.1) is 0 Å². The summed E-state index contributed by atoms with van der Waals surface area (Å²) >= 11 is 0. The van der Waals surface area contributed by atoms with Crippen LogP contribution >= 0.6 is 0 Å². The summed E-state index contributed by atoms with van der Waals surface area (Å²) in [5, 5.41) is 6.60. The van der Waals surface area contributed by atoms with Gasteiger partial charge in [-0.2, -0.15) is 0 Å². The lowest BCUT2D eigenvalue weighted by Gasteiger charge is -2.33. The lowest BCUT2D eigenvalue weighted by Crippen LogP contribution is -2.43. The zero-order valence-corrected chi connectivity index (χ0v) is 18.2. The number of ether oxygens (including phenoxy) is 1. The van der Waals surface area contributed by atoms with E-state index in [1.165, 1.54) is 5.69 Å². The average Bonchev–Trinajstić information content (AvgIpc) is 2.84. The average molecular weight is 435 g/mol. The fourth-order valence-corrected chi connectivity index (χ4v) is 4.65. The predicted molar refractivity (Wildman–Crippen MR) is 127 cm³/mol. The van der Waals surface area contributed by atoms with Gasteiger partial charge in [0, 0.05) is 49.2 Å². The van der Waals surface area contributed by atoms with Crippen molar-refractivity contribution in [2.24, 2.45) is 5.73 Å². The molecule has 0 amide bonds. The first-order chi connectivity index (χ1) is 15.7. The number of morpholine rings is 1. The second-order valence-electron chi connectivity index (χ2n) is 8.57. The van der Waals surface area contributed by atoms with Gasteiger partial charge in [0.25, 0.3) is 0 Å². The Balaban J connectivity index is 1.45. The predicted octanol–water partition coefficient (Wildman–Crippen LogP) is 2.40. The van der Waals surface area contributed by atoms with Crippen LogP contribution < -0.4 is 26.2 Å². The Morgan fingerprint density at radius 1 is 1.16 bits per heavy atom. The van der Waals surface area contributed by atoms with Crippen LogP contribution in [0.25, 0.3) is 6.08 Å². The van der Waals surface area contributed by atoms with Crippen LogP contribution in [0.2, 0.25) is 0 Å². The maximum absolute atomic E-state index is 11.8. The van der Waals surface area contributed by atoms with Gasteiger partial charge in [-0.1, -0.05) is 0 Å². The Hall–Kier alpha value is -3.10. The third kappa shape index (κ3) is 4.28. The highest BCUT2D eigenvalue weighted by Crippen LogP contribution is 2.34. The van der Waals surface area contributed by atoms with Gasteiger partial charge >= 0.3 is 0 Å². The number of carbonyl (C=O) groups excluding carboxylic acids is 1. The van der Waals surface area contributed by atoms with E-state index >= 15 is 0 Å². The van der Waals surface area contributed by atoms with E-state index < -0.39 is 6.04 Å². The molecule has 2 unspecified atom stereocenters. The second-order valence-corrected chi connectivity index (χ2v) is 8.57. The molecule has 168 valence electrons. The van der Waals surface area contributed by atoms with Crippen molar-refractivity contribution in [3.05, 3.63) is 47.7 Å². The van der Waals surface area contributed by atoms with Gasteiger partial charge in [0.1, 0.15) is 24.0 Å². The Morgan fingerprint density at radius 3 is 2.72 bits per heavy atom. The zero-order valence-electron chi connectivity index (χ0n) is 18.2. The number of anilines is 4. The normalized spacial score (nSPS) is 22.8. The van der Waals surface area contributed by atoms with E-state index in [1.807, 2.05) is 12.3 Å². The number of pyridine rings is 1. The molecule has 2 saturated heterocycles. The summed E-state index contributed by atoms with van der Waals surface area (Å²) in [5.41, 5.74) is 10.2. The standard InChI is InChI=1S/C24H30N6O2/c25-18-2-1-9-30(15-18)22-14-17-7-8-26-21(16-31)23(17)24(28-22)27-19-3-5-20(6-4-19)29-10-12-32-13-11-29/h3-8,14,16,18,21,26H,1-2,9-13,15,25H2,(H,27,28). The lowest BCUT2D eigenvalue weighted by atomic mass is 9.98. The molecule has 2 atom stereocenters. The monoisotopic (exact) mass is 434 g/mol. The molecule has 3 aliphatic rings. The SMILES string of the molecule is NC1CCCN(c2cc3c(c(Nc4ccc(N5CCOCC5)cc4)n2)C(C=O)NC=C3)C1. The van der Waals surface area contributed by atoms with Gasteiger partial charge in [0.2, 0.25) is 0 Å². The lowest BCUT2D eigenvalue weighted by molar-refractivity contribution is -0.109. The first kappa shape index (κ1) is 20.8. The summed E-state index contributed by atoms with van der Waals surface area (Å²) in [4.78, 5) is 21.3. The first-order valence-electron chi connectivity index (χ1n) is 11.3. The molecule has 32 heavy (non-hydrogen) atoms. The maximum atomic E-state index is 11.8. The van der Waals surface area contributed by atoms with Gasteiger partial charge in [0.05, 0.1) is 13.2 Å². The topological polar surface area (TPSA) is 95.8 Å². The fourth-order valence-electron chi connectivity index (χ4n) is 4.65. The van der Waals surface area contributed by atoms with Gasteiger partial charge in [-0.05, 0) is 61.0 Å². The van der Waals surface area contributed by atoms with Gasteiger partial charge in [-0.25, -0.2) is 4.98 Å². The number of nitrogens with two attached hydrogens (primary N) is 1. The molecule has 0 aliphatic carbocycles. The Labute approximate surface area is 188 Å². The highest BCUT2D eigenvalue weighted by Gasteiger charge is 2.25. The Kier molecular flexibility index (Phi) is 5.96. The molecule has 5 rings (SSSR count). The molecule has 1 aromatic heterocycles. The van der Waals surface area contributed by atoms with E-state index in [9.17, 15) is 4.79 Å². The number of hydrogen-bond acceptors (Lipinski definition) is 8. The highest BCUT2D eigenvalue weighted by atomic mass is 16.5. The van der Waals surface area contributed by atoms with Crippen LogP contribution in [0, 0.1) is 0 Å². The van der Waals surface area contributed by atoms with Crippen LogP contribution in [-0.2, 0) is 9.53 Å². The first-order valence-corrected chi connectivity index (χ1v) is 11.3. The van der Waals surface area contributed by atoms with Crippen molar-refractivity contribution in [1.29, 1.82) is 0 Å². The summed E-state index contributed by atoms with van der Waals surface area (Å²) in [6, 6.07) is 10.1. The van der Waals surface area contributed by atoms with Gasteiger partial charge in [-0.3, -0.25) is 0 Å². The Bertz CT molecular complexity index is 987. The zero-order chi connectivity index (χ0) is 21.9. The number of nitrogens with zero attached hydrogens (tertiary/aromatic N) is 3. The molecule has 4 heterocycles. The van der Waals surface area contributed by atoms with E-state index in [2.05, 4.69) is 50.8 Å². The van der Waals surface area contributed by atoms with E-state index in [0.29, 0.717) is 5.82 Å². The van der Waals surface area contributed by atoms with E-state index in [1.54, 1.807) is 0 Å². The van der Waals surface area contributed by atoms with Gasteiger partial charge in [0.15, 0.2) is 0 Å². The summed E-state index contributed by atoms with van der Waals surface area (Å²) in [6.07, 6.45) is 6.84. The molecule has 0 radical (unpaired) electrons. The number of aromatic nitrogens is 1. The van der Waals surface area contributed by atoms with Crippen LogP contribution in [0.3, 0.4) is 0 Å². The molecular weight excluding hydrogens is 404 g/mol. The van der Waals surface area contributed by atoms with Crippen LogP contribution in [0.15, 0.2) is 36.5 Å². The number of carbonyl (C=O) groups is 1. The number of rotatable bonds is 5. The molecule has 8 nitrogen and oxygen atoms in total. The summed E-state index contributed by atoms with van der Waals surface area (Å²) < 4.78 is 5.45. The van der Waals surface area contributed by atoms with Crippen molar-refractivity contribution >= 4 is 35.4 Å². The molecule has 1 aromatic carbocycles. The van der Waals surface area contributed by atoms with E-state index in [4.69, 9.17) is 15.5 Å². The number of piperidine rings is 1. The third-order valence-electron chi connectivity index (χ3n) is 6.35. The number of aldehydes is 1. The molecule has 2 aromatic rings.